The zero-order valence-corrected chi connectivity index (χ0v) is 24.0. The van der Waals surface area contributed by atoms with Crippen LogP contribution in [0, 0.1) is 13.8 Å². The van der Waals surface area contributed by atoms with E-state index in [-0.39, 0.29) is 24.1 Å². The van der Waals surface area contributed by atoms with Gasteiger partial charge in [-0.15, -0.1) is 0 Å². The minimum Gasteiger partial charge on any atom is -0.490 e. The van der Waals surface area contributed by atoms with Crippen LogP contribution in [0.15, 0.2) is 57.5 Å². The van der Waals surface area contributed by atoms with Crippen LogP contribution in [0.25, 0.3) is 0 Å². The van der Waals surface area contributed by atoms with Gasteiger partial charge < -0.3 is 19.5 Å². The van der Waals surface area contributed by atoms with Crippen molar-refractivity contribution >= 4 is 39.1 Å². The second kappa shape index (κ2) is 11.4. The molecule has 0 spiro atoms. The molecular formula is C31H32BrNO6. The minimum atomic E-state index is -0.512. The van der Waals surface area contributed by atoms with Gasteiger partial charge in [-0.25, -0.2) is 0 Å². The van der Waals surface area contributed by atoms with E-state index in [0.29, 0.717) is 70.9 Å². The lowest BCUT2D eigenvalue weighted by Crippen LogP contribution is -2.30. The number of hydrogen-bond donors (Lipinski definition) is 1. The summed E-state index contributed by atoms with van der Waals surface area (Å²) in [5, 5.41) is 2.91. The smallest absolute Gasteiger partial charge is 0.262 e. The number of carbonyl (C=O) groups is 3. The average molecular weight is 595 g/mol. The Kier molecular flexibility index (Phi) is 7.93. The molecule has 5 rings (SSSR count). The molecule has 1 amide bonds. The molecule has 0 fully saturated rings. The Bertz CT molecular complexity index is 1380. The van der Waals surface area contributed by atoms with Crippen LogP contribution in [0.3, 0.4) is 0 Å². The molecule has 3 aliphatic rings. The molecule has 2 aromatic rings. The molecule has 0 radical (unpaired) electrons. The monoisotopic (exact) mass is 593 g/mol. The number of carbonyl (C=O) groups excluding carboxylic acids is 3. The number of Topliss-reactive ketones (excluding diaryl/α,β-unsaturated/α-hetero) is 2. The Morgan fingerprint density at radius 1 is 1.00 bits per heavy atom. The van der Waals surface area contributed by atoms with E-state index in [4.69, 9.17) is 14.2 Å². The van der Waals surface area contributed by atoms with E-state index in [0.717, 1.165) is 35.2 Å². The van der Waals surface area contributed by atoms with E-state index in [1.54, 1.807) is 0 Å². The minimum absolute atomic E-state index is 0.0173. The standard InChI is InChI=1S/C31H32BrNO6/c1-4-37-26-15-19(14-20(32)31(26)38-16-27(36)33-21-9-5-8-17(2)18(21)3)28-29-22(34)10-6-12-24(29)39-25-13-7-11-23(35)30(25)28/h5,8-9,14-15,28H,4,6-7,10-13,16H2,1-3H3,(H,33,36). The van der Waals surface area contributed by atoms with Crippen LogP contribution in [-0.2, 0) is 19.1 Å². The maximum Gasteiger partial charge on any atom is 0.262 e. The number of allylic oxidation sites excluding steroid dienone is 4. The lowest BCUT2D eigenvalue weighted by molar-refractivity contribution is -0.119. The molecule has 0 saturated heterocycles. The molecule has 0 saturated carbocycles. The van der Waals surface area contributed by atoms with Crippen LogP contribution >= 0.6 is 15.9 Å². The summed E-state index contributed by atoms with van der Waals surface area (Å²) < 4.78 is 18.6. The Morgan fingerprint density at radius 2 is 1.67 bits per heavy atom. The molecule has 2 aromatic carbocycles. The van der Waals surface area contributed by atoms with Gasteiger partial charge in [0.25, 0.3) is 5.91 Å². The largest absolute Gasteiger partial charge is 0.490 e. The normalized spacial score (nSPS) is 17.4. The van der Waals surface area contributed by atoms with Crippen LogP contribution in [0.5, 0.6) is 11.5 Å². The van der Waals surface area contributed by atoms with Crippen molar-refractivity contribution in [3.8, 4) is 11.5 Å². The van der Waals surface area contributed by atoms with Crippen molar-refractivity contribution < 1.29 is 28.6 Å². The predicted molar refractivity (Wildman–Crippen MR) is 151 cm³/mol. The summed E-state index contributed by atoms with van der Waals surface area (Å²) in [5.41, 5.74) is 4.73. The summed E-state index contributed by atoms with van der Waals surface area (Å²) in [5.74, 6) is 1.41. The number of nitrogens with one attached hydrogen (secondary N) is 1. The summed E-state index contributed by atoms with van der Waals surface area (Å²) in [6.45, 7) is 5.97. The Labute approximate surface area is 236 Å². The van der Waals surface area contributed by atoms with Gasteiger partial charge in [-0.05, 0) is 84.4 Å². The predicted octanol–water partition coefficient (Wildman–Crippen LogP) is 6.61. The number of hydrogen-bond acceptors (Lipinski definition) is 6. The first-order valence-corrected chi connectivity index (χ1v) is 14.2. The van der Waals surface area contributed by atoms with Crippen molar-refractivity contribution in [2.75, 3.05) is 18.5 Å². The first-order chi connectivity index (χ1) is 18.8. The second-order valence-corrected chi connectivity index (χ2v) is 11.0. The fourth-order valence-electron chi connectivity index (χ4n) is 5.52. The summed E-state index contributed by atoms with van der Waals surface area (Å²) in [6, 6.07) is 9.42. The number of rotatable bonds is 7. The van der Waals surface area contributed by atoms with E-state index in [2.05, 4.69) is 21.2 Å². The van der Waals surface area contributed by atoms with E-state index in [9.17, 15) is 14.4 Å². The van der Waals surface area contributed by atoms with Crippen molar-refractivity contribution in [3.63, 3.8) is 0 Å². The number of benzene rings is 2. The maximum atomic E-state index is 13.1. The van der Waals surface area contributed by atoms with Crippen LogP contribution in [0.4, 0.5) is 5.69 Å². The zero-order valence-electron chi connectivity index (χ0n) is 22.4. The number of anilines is 1. The number of amides is 1. The van der Waals surface area contributed by atoms with Crippen molar-refractivity contribution in [1.29, 1.82) is 0 Å². The molecule has 0 atom stereocenters. The van der Waals surface area contributed by atoms with Crippen LogP contribution in [0.1, 0.15) is 68.1 Å². The summed E-state index contributed by atoms with van der Waals surface area (Å²) in [6.07, 6.45) is 3.71. The van der Waals surface area contributed by atoms with Gasteiger partial charge in [0, 0.05) is 48.4 Å². The highest BCUT2D eigenvalue weighted by Crippen LogP contribution is 2.50. The van der Waals surface area contributed by atoms with Crippen molar-refractivity contribution in [2.24, 2.45) is 0 Å². The molecule has 2 aliphatic carbocycles. The number of ether oxygens (including phenoxy) is 3. The van der Waals surface area contributed by atoms with Gasteiger partial charge in [0.2, 0.25) is 0 Å². The van der Waals surface area contributed by atoms with Crippen LogP contribution in [0.2, 0.25) is 0 Å². The first kappa shape index (κ1) is 27.2. The lowest BCUT2D eigenvalue weighted by Gasteiger charge is -2.36. The third kappa shape index (κ3) is 5.39. The zero-order chi connectivity index (χ0) is 27.7. The summed E-state index contributed by atoms with van der Waals surface area (Å²) in [4.78, 5) is 39.0. The Balaban J connectivity index is 1.47. The molecule has 39 heavy (non-hydrogen) atoms. The highest BCUT2D eigenvalue weighted by molar-refractivity contribution is 9.10. The van der Waals surface area contributed by atoms with E-state index >= 15 is 0 Å². The molecule has 0 bridgehead atoms. The van der Waals surface area contributed by atoms with Gasteiger partial charge in [0.05, 0.1) is 11.1 Å². The van der Waals surface area contributed by atoms with E-state index < -0.39 is 5.92 Å². The van der Waals surface area contributed by atoms with Gasteiger partial charge in [-0.2, -0.15) is 0 Å². The molecule has 1 N–H and O–H groups in total. The fraction of sp³-hybridized carbons (Fsp3) is 0.387. The van der Waals surface area contributed by atoms with Gasteiger partial charge in [0.15, 0.2) is 29.7 Å². The van der Waals surface area contributed by atoms with E-state index in [1.165, 1.54) is 0 Å². The van der Waals surface area contributed by atoms with E-state index in [1.807, 2.05) is 51.1 Å². The molecule has 204 valence electrons. The molecule has 8 heteroatoms. The third-order valence-electron chi connectivity index (χ3n) is 7.53. The molecule has 1 aliphatic heterocycles. The number of ketones is 2. The van der Waals surface area contributed by atoms with Crippen LogP contribution in [-0.4, -0.2) is 30.7 Å². The highest BCUT2D eigenvalue weighted by Gasteiger charge is 2.42. The highest BCUT2D eigenvalue weighted by atomic mass is 79.9. The third-order valence-corrected chi connectivity index (χ3v) is 8.12. The summed E-state index contributed by atoms with van der Waals surface area (Å²) >= 11 is 3.61. The van der Waals surface area contributed by atoms with Crippen molar-refractivity contribution in [2.45, 2.75) is 65.2 Å². The molecule has 0 aromatic heterocycles. The number of halogens is 1. The van der Waals surface area contributed by atoms with Crippen LogP contribution < -0.4 is 14.8 Å². The SMILES string of the molecule is CCOc1cc(C2C3=C(CCCC3=O)OC3=C2C(=O)CCC3)cc(Br)c1OCC(=O)Nc1cccc(C)c1C. The lowest BCUT2D eigenvalue weighted by atomic mass is 9.73. The number of aryl methyl sites for hydroxylation is 1. The topological polar surface area (TPSA) is 90.9 Å². The van der Waals surface area contributed by atoms with Gasteiger partial charge >= 0.3 is 0 Å². The van der Waals surface area contributed by atoms with Crippen molar-refractivity contribution in [1.82, 2.24) is 0 Å². The van der Waals surface area contributed by atoms with Gasteiger partial charge in [-0.1, -0.05) is 12.1 Å². The van der Waals surface area contributed by atoms with Crippen molar-refractivity contribution in [3.05, 3.63) is 74.2 Å². The van der Waals surface area contributed by atoms with Gasteiger partial charge in [-0.3, -0.25) is 14.4 Å². The first-order valence-electron chi connectivity index (χ1n) is 13.4. The van der Waals surface area contributed by atoms with Gasteiger partial charge in [0.1, 0.15) is 11.5 Å². The Morgan fingerprint density at radius 3 is 2.31 bits per heavy atom. The molecule has 7 nitrogen and oxygen atoms in total. The quantitative estimate of drug-likeness (QED) is 0.388. The second-order valence-electron chi connectivity index (χ2n) is 10.1. The fourth-order valence-corrected chi connectivity index (χ4v) is 6.09. The molecule has 0 unspecified atom stereocenters. The Hall–Kier alpha value is -3.39. The summed E-state index contributed by atoms with van der Waals surface area (Å²) in [7, 11) is 0. The maximum absolute atomic E-state index is 13.1. The average Bonchev–Trinajstić information content (AvgIpc) is 2.90. The molecular weight excluding hydrogens is 562 g/mol. The molecule has 1 heterocycles.